The summed E-state index contributed by atoms with van der Waals surface area (Å²) in [5, 5.41) is 0. The van der Waals surface area contributed by atoms with E-state index in [1.165, 1.54) is 36.8 Å². The van der Waals surface area contributed by atoms with Gasteiger partial charge in [-0.3, -0.25) is 9.98 Å². The Hall–Kier alpha value is -2.22. The van der Waals surface area contributed by atoms with Crippen molar-refractivity contribution < 1.29 is 0 Å². The Morgan fingerprint density at radius 1 is 0.679 bits per heavy atom. The molecule has 0 atom stereocenters. The van der Waals surface area contributed by atoms with Crippen molar-refractivity contribution in [1.82, 2.24) is 0 Å². The molecule has 0 aromatic heterocycles. The average molecular weight is 377 g/mol. The smallest absolute Gasteiger partial charge is 0.0633 e. The topological polar surface area (TPSA) is 24.7 Å². The molecule has 0 radical (unpaired) electrons. The highest BCUT2D eigenvalue weighted by molar-refractivity contribution is 6.31. The van der Waals surface area contributed by atoms with Gasteiger partial charge in [0, 0.05) is 6.21 Å². The standard InChI is InChI=1S/C26H36N2/c1-4-7-10-22-13-17-24(18-14-22)27-21-26(12-9-6-3)28-25-19-15-23(16-20-25)11-8-5-2/h13-21H,4-12H2,1-3H3. The molecule has 0 bridgehead atoms. The monoisotopic (exact) mass is 376 g/mol. The Kier molecular flexibility index (Phi) is 10.3. The van der Waals surface area contributed by atoms with Crippen molar-refractivity contribution in [2.45, 2.75) is 78.6 Å². The zero-order valence-corrected chi connectivity index (χ0v) is 18.0. The molecule has 0 aliphatic carbocycles. The SMILES string of the molecule is CCCCC(C=Nc1ccc(CCCC)cc1)=Nc1ccc(CCCC)cc1. The summed E-state index contributed by atoms with van der Waals surface area (Å²) in [7, 11) is 0. The van der Waals surface area contributed by atoms with E-state index in [4.69, 9.17) is 4.99 Å². The molecule has 150 valence electrons. The molecule has 2 aromatic carbocycles. The van der Waals surface area contributed by atoms with Crippen molar-refractivity contribution >= 4 is 23.3 Å². The fraction of sp³-hybridized carbons (Fsp3) is 0.462. The van der Waals surface area contributed by atoms with E-state index in [1.807, 2.05) is 6.21 Å². The molecule has 0 spiro atoms. The molecule has 0 N–H and O–H groups in total. The summed E-state index contributed by atoms with van der Waals surface area (Å²) < 4.78 is 0. The molecule has 0 aliphatic heterocycles. The number of hydrogen-bond acceptors (Lipinski definition) is 2. The summed E-state index contributed by atoms with van der Waals surface area (Å²) in [5.74, 6) is 0. The van der Waals surface area contributed by atoms with Gasteiger partial charge in [0.05, 0.1) is 17.1 Å². The lowest BCUT2D eigenvalue weighted by atomic mass is 10.1. The predicted molar refractivity (Wildman–Crippen MR) is 125 cm³/mol. The third-order valence-electron chi connectivity index (χ3n) is 4.93. The van der Waals surface area contributed by atoms with Crippen molar-refractivity contribution in [3.05, 3.63) is 59.7 Å². The van der Waals surface area contributed by atoms with Crippen LogP contribution >= 0.6 is 0 Å². The van der Waals surface area contributed by atoms with E-state index in [0.717, 1.165) is 49.2 Å². The van der Waals surface area contributed by atoms with Gasteiger partial charge in [-0.1, -0.05) is 64.3 Å². The third-order valence-corrected chi connectivity index (χ3v) is 4.93. The first-order valence-corrected chi connectivity index (χ1v) is 11.0. The molecule has 0 amide bonds. The highest BCUT2D eigenvalue weighted by Crippen LogP contribution is 2.17. The number of nitrogens with zero attached hydrogens (tertiary/aromatic N) is 2. The predicted octanol–water partition coefficient (Wildman–Crippen LogP) is 8.04. The van der Waals surface area contributed by atoms with E-state index in [0.29, 0.717) is 0 Å². The molecule has 2 nitrogen and oxygen atoms in total. The van der Waals surface area contributed by atoms with Crippen LogP contribution in [0.15, 0.2) is 58.5 Å². The first-order chi connectivity index (χ1) is 13.7. The van der Waals surface area contributed by atoms with Crippen LogP contribution in [0, 0.1) is 0 Å². The summed E-state index contributed by atoms with van der Waals surface area (Å²) in [6, 6.07) is 17.3. The fourth-order valence-corrected chi connectivity index (χ4v) is 3.07. The number of aryl methyl sites for hydroxylation is 2. The van der Waals surface area contributed by atoms with E-state index in [-0.39, 0.29) is 0 Å². The van der Waals surface area contributed by atoms with Gasteiger partial charge in [-0.15, -0.1) is 0 Å². The molecule has 0 fully saturated rings. The van der Waals surface area contributed by atoms with Crippen LogP contribution in [-0.2, 0) is 12.8 Å². The van der Waals surface area contributed by atoms with Gasteiger partial charge in [-0.05, 0) is 73.9 Å². The van der Waals surface area contributed by atoms with Crippen molar-refractivity contribution in [2.24, 2.45) is 9.98 Å². The highest BCUT2D eigenvalue weighted by Gasteiger charge is 2.00. The van der Waals surface area contributed by atoms with Gasteiger partial charge in [-0.2, -0.15) is 0 Å². The summed E-state index contributed by atoms with van der Waals surface area (Å²) in [4.78, 5) is 9.54. The number of benzene rings is 2. The lowest BCUT2D eigenvalue weighted by molar-refractivity contribution is 0.795. The van der Waals surface area contributed by atoms with E-state index in [1.54, 1.807) is 0 Å². The number of hydrogen-bond donors (Lipinski definition) is 0. The largest absolute Gasteiger partial charge is 0.255 e. The second-order valence-corrected chi connectivity index (χ2v) is 7.50. The summed E-state index contributed by atoms with van der Waals surface area (Å²) in [6.07, 6.45) is 12.5. The molecule has 2 heteroatoms. The van der Waals surface area contributed by atoms with Gasteiger partial charge in [0.15, 0.2) is 0 Å². The van der Waals surface area contributed by atoms with Crippen molar-refractivity contribution in [3.63, 3.8) is 0 Å². The second-order valence-electron chi connectivity index (χ2n) is 7.50. The first-order valence-electron chi connectivity index (χ1n) is 11.0. The maximum absolute atomic E-state index is 4.86. The molecular weight excluding hydrogens is 340 g/mol. The molecule has 0 saturated heterocycles. The Morgan fingerprint density at radius 3 is 1.68 bits per heavy atom. The van der Waals surface area contributed by atoms with Crippen LogP contribution in [0.5, 0.6) is 0 Å². The van der Waals surface area contributed by atoms with Gasteiger partial charge in [0.25, 0.3) is 0 Å². The number of aliphatic imine (C=N–C) groups is 2. The van der Waals surface area contributed by atoms with Crippen LogP contribution in [0.2, 0.25) is 0 Å². The Balaban J connectivity index is 2.07. The van der Waals surface area contributed by atoms with E-state index in [2.05, 4.69) is 74.3 Å². The van der Waals surface area contributed by atoms with Crippen LogP contribution in [0.1, 0.15) is 76.8 Å². The van der Waals surface area contributed by atoms with E-state index < -0.39 is 0 Å². The van der Waals surface area contributed by atoms with Crippen LogP contribution in [-0.4, -0.2) is 11.9 Å². The zero-order valence-electron chi connectivity index (χ0n) is 18.0. The highest BCUT2D eigenvalue weighted by atomic mass is 14.8. The zero-order chi connectivity index (χ0) is 20.0. The molecule has 0 heterocycles. The van der Waals surface area contributed by atoms with Crippen LogP contribution in [0.25, 0.3) is 0 Å². The second kappa shape index (κ2) is 13.0. The van der Waals surface area contributed by atoms with Crippen molar-refractivity contribution in [1.29, 1.82) is 0 Å². The van der Waals surface area contributed by atoms with Crippen molar-refractivity contribution in [2.75, 3.05) is 0 Å². The lowest BCUT2D eigenvalue weighted by Crippen LogP contribution is -1.99. The summed E-state index contributed by atoms with van der Waals surface area (Å²) >= 11 is 0. The van der Waals surface area contributed by atoms with Crippen LogP contribution in [0.4, 0.5) is 11.4 Å². The Morgan fingerprint density at radius 2 is 1.18 bits per heavy atom. The first kappa shape index (κ1) is 22.1. The minimum atomic E-state index is 0.964. The fourth-order valence-electron chi connectivity index (χ4n) is 3.07. The minimum absolute atomic E-state index is 0.964. The van der Waals surface area contributed by atoms with Gasteiger partial charge >= 0.3 is 0 Å². The van der Waals surface area contributed by atoms with Gasteiger partial charge < -0.3 is 0 Å². The molecular formula is C26H36N2. The van der Waals surface area contributed by atoms with Crippen LogP contribution in [0.3, 0.4) is 0 Å². The lowest BCUT2D eigenvalue weighted by Gasteiger charge is -2.04. The molecule has 2 aromatic rings. The Bertz CT molecular complexity index is 724. The molecule has 2 rings (SSSR count). The van der Waals surface area contributed by atoms with Crippen LogP contribution < -0.4 is 0 Å². The summed E-state index contributed by atoms with van der Waals surface area (Å²) in [6.45, 7) is 6.68. The molecule has 0 saturated carbocycles. The maximum Gasteiger partial charge on any atom is 0.0633 e. The molecule has 28 heavy (non-hydrogen) atoms. The summed E-state index contributed by atoms with van der Waals surface area (Å²) in [5.41, 5.74) is 5.86. The van der Waals surface area contributed by atoms with E-state index >= 15 is 0 Å². The molecule has 0 aliphatic rings. The number of rotatable bonds is 12. The van der Waals surface area contributed by atoms with Gasteiger partial charge in [0.1, 0.15) is 0 Å². The van der Waals surface area contributed by atoms with E-state index in [9.17, 15) is 0 Å². The van der Waals surface area contributed by atoms with Gasteiger partial charge in [0.2, 0.25) is 0 Å². The average Bonchev–Trinajstić information content (AvgIpc) is 2.74. The normalized spacial score (nSPS) is 12.0. The van der Waals surface area contributed by atoms with Gasteiger partial charge in [-0.25, -0.2) is 0 Å². The van der Waals surface area contributed by atoms with Crippen molar-refractivity contribution in [3.8, 4) is 0 Å². The maximum atomic E-state index is 4.86. The Labute approximate surface area is 171 Å². The number of unbranched alkanes of at least 4 members (excludes halogenated alkanes) is 3. The molecule has 0 unspecified atom stereocenters. The quantitative estimate of drug-likeness (QED) is 0.335. The minimum Gasteiger partial charge on any atom is -0.255 e. The third kappa shape index (κ3) is 8.21.